The predicted molar refractivity (Wildman–Crippen MR) is 74.7 cm³/mol. The maximum absolute atomic E-state index is 11.6. The number of anilines is 1. The number of carbonyl (C=O) groups excluding carboxylic acids is 1. The highest BCUT2D eigenvalue weighted by Gasteiger charge is 2.03. The molecule has 0 atom stereocenters. The maximum Gasteiger partial charge on any atom is 0.222 e. The number of hydrogen-bond donors (Lipinski definition) is 1. The van der Waals surface area contributed by atoms with Crippen LogP contribution in [0.4, 0.5) is 5.69 Å². The molecule has 92 valence electrons. The molecule has 0 aliphatic rings. The molecule has 2 aromatic rings. The summed E-state index contributed by atoms with van der Waals surface area (Å²) in [5.74, 6) is 0.168. The Bertz CT molecular complexity index is 573. The van der Waals surface area contributed by atoms with Gasteiger partial charge in [-0.05, 0) is 42.8 Å². The lowest BCUT2D eigenvalue weighted by Gasteiger charge is -2.03. The predicted octanol–water partition coefficient (Wildman–Crippen LogP) is 4.16. The van der Waals surface area contributed by atoms with Gasteiger partial charge in [0.05, 0.1) is 6.26 Å². The Hall–Kier alpha value is -1.81. The Labute approximate surface area is 114 Å². The van der Waals surface area contributed by atoms with Crippen LogP contribution in [0.25, 0.3) is 0 Å². The Morgan fingerprint density at radius 3 is 2.89 bits per heavy atom. The molecule has 2 rings (SSSR count). The van der Waals surface area contributed by atoms with E-state index in [-0.39, 0.29) is 5.78 Å². The summed E-state index contributed by atoms with van der Waals surface area (Å²) in [6, 6.07) is 9.20. The number of furan rings is 1. The van der Waals surface area contributed by atoms with Crippen molar-refractivity contribution in [2.75, 3.05) is 5.32 Å². The first kappa shape index (κ1) is 12.6. The molecule has 1 N–H and O–H groups in total. The molecule has 0 saturated heterocycles. The fourth-order valence-corrected chi connectivity index (χ4v) is 1.70. The number of benzene rings is 1. The topological polar surface area (TPSA) is 42.2 Å². The van der Waals surface area contributed by atoms with E-state index in [0.717, 1.165) is 15.7 Å². The molecule has 0 fully saturated rings. The highest BCUT2D eigenvalue weighted by Crippen LogP contribution is 2.19. The summed E-state index contributed by atoms with van der Waals surface area (Å²) in [5, 5.41) is 3.04. The number of halogens is 1. The average Bonchev–Trinajstić information content (AvgIpc) is 2.87. The van der Waals surface area contributed by atoms with Gasteiger partial charge in [-0.25, -0.2) is 0 Å². The highest BCUT2D eigenvalue weighted by molar-refractivity contribution is 9.10. The largest absolute Gasteiger partial charge is 0.461 e. The lowest BCUT2D eigenvalue weighted by molar-refractivity contribution is 0.102. The SMILES string of the molecule is Cc1cc(N/C=C/C(=O)c2ccco2)ccc1Br. The fraction of sp³-hybridized carbons (Fsp3) is 0.0714. The van der Waals surface area contributed by atoms with Gasteiger partial charge in [-0.1, -0.05) is 15.9 Å². The van der Waals surface area contributed by atoms with Crippen LogP contribution in [-0.2, 0) is 0 Å². The first-order chi connectivity index (χ1) is 8.66. The van der Waals surface area contributed by atoms with Crippen molar-refractivity contribution in [3.8, 4) is 0 Å². The fourth-order valence-electron chi connectivity index (χ4n) is 1.45. The van der Waals surface area contributed by atoms with Crippen LogP contribution in [0.5, 0.6) is 0 Å². The second kappa shape index (κ2) is 5.69. The van der Waals surface area contributed by atoms with Gasteiger partial charge in [-0.15, -0.1) is 0 Å². The van der Waals surface area contributed by atoms with Crippen LogP contribution < -0.4 is 5.32 Å². The van der Waals surface area contributed by atoms with E-state index < -0.39 is 0 Å². The van der Waals surface area contributed by atoms with Crippen LogP contribution in [0.3, 0.4) is 0 Å². The van der Waals surface area contributed by atoms with Crippen molar-refractivity contribution in [2.45, 2.75) is 6.92 Å². The summed E-state index contributed by atoms with van der Waals surface area (Å²) >= 11 is 3.43. The second-order valence-corrected chi connectivity index (χ2v) is 4.64. The van der Waals surface area contributed by atoms with Crippen molar-refractivity contribution in [1.82, 2.24) is 0 Å². The van der Waals surface area contributed by atoms with Gasteiger partial charge in [0, 0.05) is 22.4 Å². The maximum atomic E-state index is 11.6. The normalized spacial score (nSPS) is 10.8. The molecule has 0 bridgehead atoms. The minimum Gasteiger partial charge on any atom is -0.461 e. The molecule has 0 unspecified atom stereocenters. The molecule has 3 nitrogen and oxygen atoms in total. The third kappa shape index (κ3) is 3.11. The molecule has 1 aromatic heterocycles. The Kier molecular flexibility index (Phi) is 3.99. The summed E-state index contributed by atoms with van der Waals surface area (Å²) in [5.41, 5.74) is 2.06. The molecule has 0 amide bonds. The van der Waals surface area contributed by atoms with Crippen molar-refractivity contribution in [3.63, 3.8) is 0 Å². The van der Waals surface area contributed by atoms with Gasteiger partial charge in [-0.3, -0.25) is 4.79 Å². The summed E-state index contributed by atoms with van der Waals surface area (Å²) in [6.45, 7) is 2.01. The van der Waals surface area contributed by atoms with Gasteiger partial charge in [-0.2, -0.15) is 0 Å². The van der Waals surface area contributed by atoms with Crippen molar-refractivity contribution in [2.24, 2.45) is 0 Å². The van der Waals surface area contributed by atoms with E-state index in [1.54, 1.807) is 18.3 Å². The first-order valence-corrected chi connectivity index (χ1v) is 6.23. The number of carbonyl (C=O) groups is 1. The monoisotopic (exact) mass is 305 g/mol. The van der Waals surface area contributed by atoms with Gasteiger partial charge < -0.3 is 9.73 Å². The van der Waals surface area contributed by atoms with Crippen LogP contribution >= 0.6 is 15.9 Å². The van der Waals surface area contributed by atoms with E-state index in [1.165, 1.54) is 12.3 Å². The first-order valence-electron chi connectivity index (χ1n) is 5.44. The minimum atomic E-state index is -0.165. The van der Waals surface area contributed by atoms with Crippen molar-refractivity contribution in [1.29, 1.82) is 0 Å². The molecule has 1 aromatic carbocycles. The van der Waals surface area contributed by atoms with E-state index >= 15 is 0 Å². The Morgan fingerprint density at radius 1 is 1.39 bits per heavy atom. The molecular formula is C14H12BrNO2. The molecule has 0 spiro atoms. The van der Waals surface area contributed by atoms with Crippen molar-refractivity contribution in [3.05, 3.63) is 64.7 Å². The zero-order chi connectivity index (χ0) is 13.0. The molecule has 0 radical (unpaired) electrons. The molecule has 0 saturated carbocycles. The van der Waals surface area contributed by atoms with Gasteiger partial charge in [0.2, 0.25) is 5.78 Å². The average molecular weight is 306 g/mol. The van der Waals surface area contributed by atoms with E-state index in [2.05, 4.69) is 21.2 Å². The summed E-state index contributed by atoms with van der Waals surface area (Å²) in [4.78, 5) is 11.6. The van der Waals surface area contributed by atoms with Crippen molar-refractivity contribution < 1.29 is 9.21 Å². The van der Waals surface area contributed by atoms with Crippen molar-refractivity contribution >= 4 is 27.4 Å². The van der Waals surface area contributed by atoms with E-state index in [4.69, 9.17) is 4.42 Å². The molecule has 0 aliphatic carbocycles. The van der Waals surface area contributed by atoms with Gasteiger partial charge in [0.15, 0.2) is 5.76 Å². The highest BCUT2D eigenvalue weighted by atomic mass is 79.9. The number of aryl methyl sites for hydroxylation is 1. The van der Waals surface area contributed by atoms with Crippen LogP contribution in [-0.4, -0.2) is 5.78 Å². The second-order valence-electron chi connectivity index (χ2n) is 3.78. The van der Waals surface area contributed by atoms with Gasteiger partial charge in [0.25, 0.3) is 0 Å². The van der Waals surface area contributed by atoms with E-state index in [1.807, 2.05) is 25.1 Å². The number of allylic oxidation sites excluding steroid dienone is 1. The molecular weight excluding hydrogens is 294 g/mol. The lowest BCUT2D eigenvalue weighted by atomic mass is 10.2. The minimum absolute atomic E-state index is 0.165. The van der Waals surface area contributed by atoms with Crippen LogP contribution in [0, 0.1) is 6.92 Å². The molecule has 1 heterocycles. The number of hydrogen-bond acceptors (Lipinski definition) is 3. The third-order valence-electron chi connectivity index (χ3n) is 2.41. The molecule has 4 heteroatoms. The Balaban J connectivity index is 1.99. The van der Waals surface area contributed by atoms with Gasteiger partial charge >= 0.3 is 0 Å². The van der Waals surface area contributed by atoms with E-state index in [9.17, 15) is 4.79 Å². The molecule has 0 aliphatic heterocycles. The standard InChI is InChI=1S/C14H12BrNO2/c1-10-9-11(4-5-12(10)15)16-7-6-13(17)14-3-2-8-18-14/h2-9,16H,1H3/b7-6+. The van der Waals surface area contributed by atoms with Crippen LogP contribution in [0.2, 0.25) is 0 Å². The summed E-state index contributed by atoms with van der Waals surface area (Å²) in [7, 11) is 0. The summed E-state index contributed by atoms with van der Waals surface area (Å²) in [6.07, 6.45) is 4.52. The zero-order valence-electron chi connectivity index (χ0n) is 9.81. The number of ketones is 1. The smallest absolute Gasteiger partial charge is 0.222 e. The summed E-state index contributed by atoms with van der Waals surface area (Å²) < 4.78 is 6.06. The van der Waals surface area contributed by atoms with Gasteiger partial charge in [0.1, 0.15) is 0 Å². The number of rotatable bonds is 4. The Morgan fingerprint density at radius 2 is 2.22 bits per heavy atom. The quantitative estimate of drug-likeness (QED) is 0.681. The van der Waals surface area contributed by atoms with E-state index in [0.29, 0.717) is 5.76 Å². The zero-order valence-corrected chi connectivity index (χ0v) is 11.4. The van der Waals surface area contributed by atoms with Crippen LogP contribution in [0.15, 0.2) is 57.8 Å². The number of nitrogens with one attached hydrogen (secondary N) is 1. The lowest BCUT2D eigenvalue weighted by Crippen LogP contribution is -1.94. The molecule has 18 heavy (non-hydrogen) atoms. The van der Waals surface area contributed by atoms with Crippen LogP contribution in [0.1, 0.15) is 16.1 Å². The third-order valence-corrected chi connectivity index (χ3v) is 3.30.